The summed E-state index contributed by atoms with van der Waals surface area (Å²) in [6.45, 7) is 5.17. The van der Waals surface area contributed by atoms with Crippen LogP contribution < -0.4 is 15.4 Å². The summed E-state index contributed by atoms with van der Waals surface area (Å²) in [5.74, 6) is 1.47. The van der Waals surface area contributed by atoms with Gasteiger partial charge in [-0.25, -0.2) is 9.78 Å². The standard InChI is InChI=1S/C17H21N3O2/c1-13-7-5-8-14(2)16(13)22-12-6-11-19-17(21)20-15-9-3-4-10-18-15/h3-5,7-10H,6,11-12H2,1-2H3,(H2,18,19,20,21). The number of urea groups is 1. The number of carbonyl (C=O) groups excluding carboxylic acids is 1. The molecular weight excluding hydrogens is 278 g/mol. The first-order chi connectivity index (χ1) is 10.7. The molecule has 116 valence electrons. The maximum atomic E-state index is 11.7. The van der Waals surface area contributed by atoms with Crippen LogP contribution in [0.1, 0.15) is 17.5 Å². The highest BCUT2D eigenvalue weighted by Gasteiger charge is 2.04. The SMILES string of the molecule is Cc1cccc(C)c1OCCCNC(=O)Nc1ccccn1. The molecule has 0 atom stereocenters. The second-order valence-electron chi connectivity index (χ2n) is 5.02. The monoisotopic (exact) mass is 299 g/mol. The Morgan fingerprint density at radius 1 is 1.14 bits per heavy atom. The van der Waals surface area contributed by atoms with Gasteiger partial charge >= 0.3 is 6.03 Å². The van der Waals surface area contributed by atoms with Gasteiger partial charge in [0.15, 0.2) is 0 Å². The van der Waals surface area contributed by atoms with E-state index in [0.717, 1.165) is 23.3 Å². The zero-order valence-electron chi connectivity index (χ0n) is 12.9. The van der Waals surface area contributed by atoms with Gasteiger partial charge in [0.1, 0.15) is 11.6 Å². The Morgan fingerprint density at radius 3 is 2.59 bits per heavy atom. The summed E-state index contributed by atoms with van der Waals surface area (Å²) >= 11 is 0. The number of aromatic nitrogens is 1. The van der Waals surface area contributed by atoms with Crippen LogP contribution >= 0.6 is 0 Å². The van der Waals surface area contributed by atoms with E-state index >= 15 is 0 Å². The van der Waals surface area contributed by atoms with Crippen LogP contribution in [0.5, 0.6) is 5.75 Å². The maximum absolute atomic E-state index is 11.7. The second-order valence-corrected chi connectivity index (χ2v) is 5.02. The van der Waals surface area contributed by atoms with Crippen molar-refractivity contribution in [2.75, 3.05) is 18.5 Å². The molecule has 0 aliphatic carbocycles. The Bertz CT molecular complexity index is 594. The molecule has 2 aromatic rings. The topological polar surface area (TPSA) is 63.2 Å². The normalized spacial score (nSPS) is 10.1. The Balaban J connectivity index is 1.66. The maximum Gasteiger partial charge on any atom is 0.320 e. The van der Waals surface area contributed by atoms with Crippen LogP contribution in [0.15, 0.2) is 42.6 Å². The molecule has 22 heavy (non-hydrogen) atoms. The van der Waals surface area contributed by atoms with Crippen molar-refractivity contribution in [2.45, 2.75) is 20.3 Å². The van der Waals surface area contributed by atoms with Gasteiger partial charge in [0.2, 0.25) is 0 Å². The van der Waals surface area contributed by atoms with Crippen LogP contribution in [0.3, 0.4) is 0 Å². The van der Waals surface area contributed by atoms with Crippen LogP contribution in [0.25, 0.3) is 0 Å². The molecule has 0 saturated heterocycles. The number of para-hydroxylation sites is 1. The highest BCUT2D eigenvalue weighted by Crippen LogP contribution is 2.22. The number of ether oxygens (including phenoxy) is 1. The third kappa shape index (κ3) is 4.77. The van der Waals surface area contributed by atoms with E-state index < -0.39 is 0 Å². The summed E-state index contributed by atoms with van der Waals surface area (Å²) < 4.78 is 5.78. The van der Waals surface area contributed by atoms with E-state index in [1.807, 2.05) is 38.1 Å². The molecule has 5 heteroatoms. The van der Waals surface area contributed by atoms with Crippen molar-refractivity contribution in [1.29, 1.82) is 0 Å². The molecule has 0 aliphatic heterocycles. The summed E-state index contributed by atoms with van der Waals surface area (Å²) in [6, 6.07) is 11.2. The average Bonchev–Trinajstić information content (AvgIpc) is 2.50. The third-order valence-corrected chi connectivity index (χ3v) is 3.17. The minimum atomic E-state index is -0.259. The van der Waals surface area contributed by atoms with Crippen molar-refractivity contribution < 1.29 is 9.53 Å². The molecule has 0 bridgehead atoms. The van der Waals surface area contributed by atoms with Crippen molar-refractivity contribution in [3.8, 4) is 5.75 Å². The molecule has 0 fully saturated rings. The lowest BCUT2D eigenvalue weighted by molar-refractivity contribution is 0.250. The predicted octanol–water partition coefficient (Wildman–Crippen LogP) is 3.29. The molecule has 0 aliphatic rings. The fourth-order valence-electron chi connectivity index (χ4n) is 2.07. The van der Waals surface area contributed by atoms with E-state index in [0.29, 0.717) is 19.0 Å². The van der Waals surface area contributed by atoms with E-state index in [-0.39, 0.29) is 6.03 Å². The molecular formula is C17H21N3O2. The van der Waals surface area contributed by atoms with E-state index in [2.05, 4.69) is 15.6 Å². The number of aryl methyl sites for hydroxylation is 2. The number of carbonyl (C=O) groups is 1. The first kappa shape index (κ1) is 15.8. The van der Waals surface area contributed by atoms with Gasteiger partial charge < -0.3 is 10.1 Å². The Morgan fingerprint density at radius 2 is 1.91 bits per heavy atom. The van der Waals surface area contributed by atoms with Gasteiger partial charge in [-0.05, 0) is 43.5 Å². The molecule has 2 amide bonds. The van der Waals surface area contributed by atoms with E-state index in [1.165, 1.54) is 0 Å². The molecule has 2 N–H and O–H groups in total. The van der Waals surface area contributed by atoms with Crippen LogP contribution in [-0.2, 0) is 0 Å². The number of amides is 2. The molecule has 5 nitrogen and oxygen atoms in total. The quantitative estimate of drug-likeness (QED) is 0.805. The van der Waals surface area contributed by atoms with Crippen molar-refractivity contribution in [2.24, 2.45) is 0 Å². The largest absolute Gasteiger partial charge is 0.493 e. The zero-order chi connectivity index (χ0) is 15.8. The fourth-order valence-corrected chi connectivity index (χ4v) is 2.07. The summed E-state index contributed by atoms with van der Waals surface area (Å²) in [6.07, 6.45) is 2.37. The molecule has 0 spiro atoms. The molecule has 1 aromatic carbocycles. The van der Waals surface area contributed by atoms with Gasteiger partial charge in [-0.15, -0.1) is 0 Å². The minimum absolute atomic E-state index is 0.259. The first-order valence-electron chi connectivity index (χ1n) is 7.31. The summed E-state index contributed by atoms with van der Waals surface area (Å²) in [5.41, 5.74) is 2.25. The average molecular weight is 299 g/mol. The lowest BCUT2D eigenvalue weighted by atomic mass is 10.1. The number of benzene rings is 1. The number of pyridine rings is 1. The van der Waals surface area contributed by atoms with Crippen molar-refractivity contribution >= 4 is 11.8 Å². The van der Waals surface area contributed by atoms with Gasteiger partial charge in [-0.2, -0.15) is 0 Å². The van der Waals surface area contributed by atoms with E-state index in [4.69, 9.17) is 4.74 Å². The van der Waals surface area contributed by atoms with Crippen LogP contribution in [-0.4, -0.2) is 24.2 Å². The molecule has 2 rings (SSSR count). The van der Waals surface area contributed by atoms with E-state index in [1.54, 1.807) is 18.3 Å². The Hall–Kier alpha value is -2.56. The van der Waals surface area contributed by atoms with Crippen LogP contribution in [0, 0.1) is 13.8 Å². The number of rotatable bonds is 6. The third-order valence-electron chi connectivity index (χ3n) is 3.17. The molecule has 0 unspecified atom stereocenters. The summed E-state index contributed by atoms with van der Waals surface area (Å²) in [4.78, 5) is 15.7. The zero-order valence-corrected chi connectivity index (χ0v) is 12.9. The Labute approximate surface area is 130 Å². The van der Waals surface area contributed by atoms with Gasteiger partial charge in [0.05, 0.1) is 6.61 Å². The smallest absolute Gasteiger partial charge is 0.320 e. The fraction of sp³-hybridized carbons (Fsp3) is 0.294. The molecule has 1 heterocycles. The molecule has 1 aromatic heterocycles. The van der Waals surface area contributed by atoms with Crippen molar-refractivity contribution in [3.63, 3.8) is 0 Å². The highest BCUT2D eigenvalue weighted by molar-refractivity contribution is 5.88. The van der Waals surface area contributed by atoms with Crippen LogP contribution in [0.4, 0.5) is 10.6 Å². The second kappa shape index (κ2) is 8.02. The number of anilines is 1. The van der Waals surface area contributed by atoms with Crippen molar-refractivity contribution in [1.82, 2.24) is 10.3 Å². The minimum Gasteiger partial charge on any atom is -0.493 e. The van der Waals surface area contributed by atoms with Gasteiger partial charge in [-0.1, -0.05) is 24.3 Å². The molecule has 0 radical (unpaired) electrons. The lowest BCUT2D eigenvalue weighted by Gasteiger charge is -2.12. The number of nitrogens with zero attached hydrogens (tertiary/aromatic N) is 1. The van der Waals surface area contributed by atoms with Gasteiger partial charge in [-0.3, -0.25) is 5.32 Å². The lowest BCUT2D eigenvalue weighted by Crippen LogP contribution is -2.30. The highest BCUT2D eigenvalue weighted by atomic mass is 16.5. The number of hydrogen-bond acceptors (Lipinski definition) is 3. The van der Waals surface area contributed by atoms with Crippen molar-refractivity contribution in [3.05, 3.63) is 53.7 Å². The van der Waals surface area contributed by atoms with Crippen LogP contribution in [0.2, 0.25) is 0 Å². The van der Waals surface area contributed by atoms with Gasteiger partial charge in [0.25, 0.3) is 0 Å². The predicted molar refractivity (Wildman–Crippen MR) is 87.3 cm³/mol. The van der Waals surface area contributed by atoms with Gasteiger partial charge in [0, 0.05) is 12.7 Å². The number of nitrogens with one attached hydrogen (secondary N) is 2. The first-order valence-corrected chi connectivity index (χ1v) is 7.31. The summed E-state index contributed by atoms with van der Waals surface area (Å²) in [7, 11) is 0. The molecule has 0 saturated carbocycles. The Kier molecular flexibility index (Phi) is 5.77. The number of hydrogen-bond donors (Lipinski definition) is 2. The summed E-state index contributed by atoms with van der Waals surface area (Å²) in [5, 5.41) is 5.44. The van der Waals surface area contributed by atoms with E-state index in [9.17, 15) is 4.79 Å².